The molecule has 0 radical (unpaired) electrons. The van der Waals surface area contributed by atoms with Gasteiger partial charge in [-0.2, -0.15) is 0 Å². The summed E-state index contributed by atoms with van der Waals surface area (Å²) in [6, 6.07) is 0.470. The van der Waals surface area contributed by atoms with Gasteiger partial charge in [-0.3, -0.25) is 11.3 Å². The average Bonchev–Trinajstić information content (AvgIpc) is 2.36. The first-order valence-electron chi connectivity index (χ1n) is 8.09. The van der Waals surface area contributed by atoms with E-state index in [1.165, 1.54) is 44.9 Å². The van der Waals surface area contributed by atoms with Crippen LogP contribution in [-0.2, 0) is 0 Å². The van der Waals surface area contributed by atoms with E-state index >= 15 is 0 Å². The molecule has 0 aliphatic heterocycles. The molecule has 4 rings (SSSR count). The van der Waals surface area contributed by atoms with E-state index in [0.717, 1.165) is 30.6 Å². The summed E-state index contributed by atoms with van der Waals surface area (Å²) in [5.41, 5.74) is 3.70. The molecule has 1 atom stereocenters. The van der Waals surface area contributed by atoms with Gasteiger partial charge in [0.15, 0.2) is 0 Å². The second kappa shape index (κ2) is 5.46. The minimum absolute atomic E-state index is 0.470. The maximum absolute atomic E-state index is 5.79. The van der Waals surface area contributed by atoms with E-state index in [-0.39, 0.29) is 0 Å². The fourth-order valence-corrected chi connectivity index (χ4v) is 5.68. The number of nitrogens with one attached hydrogen (secondary N) is 1. The van der Waals surface area contributed by atoms with E-state index in [0.29, 0.717) is 11.5 Å². The lowest BCUT2D eigenvalue weighted by molar-refractivity contribution is -0.0623. The number of nitrogens with two attached hydrogens (primary N) is 1. The highest BCUT2D eigenvalue weighted by molar-refractivity contribution is 5.03. The van der Waals surface area contributed by atoms with Crippen LogP contribution in [0.5, 0.6) is 0 Å². The Labute approximate surface area is 117 Å². The molecule has 0 heterocycles. The van der Waals surface area contributed by atoms with Gasteiger partial charge in [0.1, 0.15) is 0 Å². The van der Waals surface area contributed by atoms with Crippen molar-refractivity contribution in [3.63, 3.8) is 0 Å². The van der Waals surface area contributed by atoms with Crippen molar-refractivity contribution < 1.29 is 0 Å². The highest BCUT2D eigenvalue weighted by Gasteiger charge is 2.51. The third kappa shape index (κ3) is 2.83. The molecule has 4 saturated carbocycles. The predicted molar refractivity (Wildman–Crippen MR) is 79.0 cm³/mol. The molecule has 0 spiro atoms. The normalized spacial score (nSPS) is 40.8. The maximum atomic E-state index is 5.79. The highest BCUT2D eigenvalue weighted by atomic mass is 15.2. The second-order valence-corrected chi connectivity index (χ2v) is 7.45. The van der Waals surface area contributed by atoms with Crippen molar-refractivity contribution in [3.05, 3.63) is 0 Å². The van der Waals surface area contributed by atoms with Crippen LogP contribution in [0, 0.1) is 35.0 Å². The third-order valence-corrected chi connectivity index (χ3v) is 5.87. The number of hydrogen-bond donors (Lipinski definition) is 2. The van der Waals surface area contributed by atoms with Crippen LogP contribution in [0.2, 0.25) is 0 Å². The van der Waals surface area contributed by atoms with E-state index in [1.54, 1.807) is 0 Å². The zero-order chi connectivity index (χ0) is 13.3. The summed E-state index contributed by atoms with van der Waals surface area (Å²) in [6.07, 6.45) is 12.4. The molecule has 2 heteroatoms. The summed E-state index contributed by atoms with van der Waals surface area (Å²) in [5, 5.41) is 0. The van der Waals surface area contributed by atoms with Gasteiger partial charge in [0, 0.05) is 12.5 Å². The first kappa shape index (κ1) is 13.5. The molecule has 0 saturated heterocycles. The van der Waals surface area contributed by atoms with Gasteiger partial charge in [0.05, 0.1) is 0 Å². The van der Waals surface area contributed by atoms with E-state index in [4.69, 9.17) is 5.84 Å². The third-order valence-electron chi connectivity index (χ3n) is 5.87. The van der Waals surface area contributed by atoms with Crippen molar-refractivity contribution in [2.45, 2.75) is 70.8 Å². The Kier molecular flexibility index (Phi) is 3.87. The van der Waals surface area contributed by atoms with Crippen LogP contribution in [0.1, 0.15) is 64.7 Å². The van der Waals surface area contributed by atoms with E-state index in [9.17, 15) is 0 Å². The molecule has 0 aromatic carbocycles. The molecule has 106 valence electrons. The first-order valence-corrected chi connectivity index (χ1v) is 8.09. The molecule has 0 aromatic heterocycles. The van der Waals surface area contributed by atoms with Crippen LogP contribution >= 0.6 is 0 Å². The molecule has 19 heavy (non-hydrogen) atoms. The molecule has 3 N–H and O–H groups in total. The summed E-state index contributed by atoms with van der Waals surface area (Å²) in [7, 11) is 0. The van der Waals surface area contributed by atoms with Gasteiger partial charge in [0.2, 0.25) is 0 Å². The average molecular weight is 260 g/mol. The van der Waals surface area contributed by atoms with Gasteiger partial charge in [-0.05, 0) is 81.5 Å². The molecule has 4 bridgehead atoms. The van der Waals surface area contributed by atoms with Crippen molar-refractivity contribution in [2.24, 2.45) is 29.0 Å². The number of hydrogen-bond acceptors (Lipinski definition) is 2. The minimum atomic E-state index is 0.470. The maximum Gasteiger partial charge on any atom is 0.0224 e. The van der Waals surface area contributed by atoms with Crippen LogP contribution in [0.15, 0.2) is 0 Å². The van der Waals surface area contributed by atoms with E-state index in [1.807, 2.05) is 6.92 Å². The molecule has 1 unspecified atom stereocenters. The molecular weight excluding hydrogens is 232 g/mol. The summed E-state index contributed by atoms with van der Waals surface area (Å²) >= 11 is 0. The fraction of sp³-hybridized carbons (Fsp3) is 0.882. The summed E-state index contributed by atoms with van der Waals surface area (Å²) < 4.78 is 0. The summed E-state index contributed by atoms with van der Waals surface area (Å²) in [6.45, 7) is 1.92. The van der Waals surface area contributed by atoms with Crippen molar-refractivity contribution in [1.82, 2.24) is 5.43 Å². The molecule has 4 aliphatic rings. The Hall–Kier alpha value is -0.520. The van der Waals surface area contributed by atoms with Gasteiger partial charge in [-0.25, -0.2) is 0 Å². The van der Waals surface area contributed by atoms with E-state index in [2.05, 4.69) is 17.3 Å². The highest BCUT2D eigenvalue weighted by Crippen LogP contribution is 2.61. The van der Waals surface area contributed by atoms with Crippen molar-refractivity contribution in [1.29, 1.82) is 0 Å². The predicted octanol–water partition coefficient (Wildman–Crippen LogP) is 3.23. The standard InChI is InChI=1S/C17H28N2/c1-2-3-4-5-16(19-18)12-17-9-13-6-14(10-17)8-15(7-13)11-17/h13-16,19H,4-12,18H2,1H3. The van der Waals surface area contributed by atoms with Gasteiger partial charge in [-0.15, -0.1) is 11.8 Å². The fourth-order valence-electron chi connectivity index (χ4n) is 5.68. The topological polar surface area (TPSA) is 38.0 Å². The van der Waals surface area contributed by atoms with Crippen LogP contribution in [0.4, 0.5) is 0 Å². The van der Waals surface area contributed by atoms with E-state index < -0.39 is 0 Å². The lowest BCUT2D eigenvalue weighted by Gasteiger charge is -2.57. The van der Waals surface area contributed by atoms with Gasteiger partial charge >= 0.3 is 0 Å². The Morgan fingerprint density at radius 1 is 1.16 bits per heavy atom. The Balaban J connectivity index is 1.62. The first-order chi connectivity index (χ1) is 9.23. The lowest BCUT2D eigenvalue weighted by atomic mass is 9.48. The lowest BCUT2D eigenvalue weighted by Crippen LogP contribution is -2.49. The smallest absolute Gasteiger partial charge is 0.0224 e. The molecule has 2 nitrogen and oxygen atoms in total. The zero-order valence-corrected chi connectivity index (χ0v) is 12.3. The Morgan fingerprint density at radius 3 is 2.21 bits per heavy atom. The van der Waals surface area contributed by atoms with Crippen molar-refractivity contribution >= 4 is 0 Å². The second-order valence-electron chi connectivity index (χ2n) is 7.45. The molecule has 0 aromatic rings. The van der Waals surface area contributed by atoms with Crippen LogP contribution in [0.25, 0.3) is 0 Å². The number of hydrazine groups is 1. The van der Waals surface area contributed by atoms with Crippen LogP contribution in [-0.4, -0.2) is 6.04 Å². The minimum Gasteiger partial charge on any atom is -0.271 e. The Morgan fingerprint density at radius 2 is 1.74 bits per heavy atom. The van der Waals surface area contributed by atoms with Gasteiger partial charge in [0.25, 0.3) is 0 Å². The molecular formula is C17H28N2. The largest absolute Gasteiger partial charge is 0.271 e. The van der Waals surface area contributed by atoms with Crippen LogP contribution < -0.4 is 11.3 Å². The van der Waals surface area contributed by atoms with Crippen molar-refractivity contribution in [2.75, 3.05) is 0 Å². The molecule has 4 aliphatic carbocycles. The van der Waals surface area contributed by atoms with Gasteiger partial charge in [-0.1, -0.05) is 0 Å². The monoisotopic (exact) mass is 260 g/mol. The number of rotatable bonds is 5. The molecule has 0 amide bonds. The quantitative estimate of drug-likeness (QED) is 0.452. The summed E-state index contributed by atoms with van der Waals surface area (Å²) in [4.78, 5) is 0. The van der Waals surface area contributed by atoms with Crippen LogP contribution in [0.3, 0.4) is 0 Å². The molecule has 4 fully saturated rings. The van der Waals surface area contributed by atoms with Gasteiger partial charge < -0.3 is 0 Å². The Bertz CT molecular complexity index is 341. The zero-order valence-electron chi connectivity index (χ0n) is 12.3. The SMILES string of the molecule is CC#CCCC(CC12CC3CC(CC(C3)C1)C2)NN. The van der Waals surface area contributed by atoms with Crippen molar-refractivity contribution in [3.8, 4) is 11.8 Å². The summed E-state index contributed by atoms with van der Waals surface area (Å²) in [5.74, 6) is 15.1.